The van der Waals surface area contributed by atoms with Crippen LogP contribution in [0.4, 0.5) is 5.69 Å². The number of hydrogen-bond donors (Lipinski definition) is 0. The highest BCUT2D eigenvalue weighted by Gasteiger charge is 2.27. The van der Waals surface area contributed by atoms with E-state index in [1.54, 1.807) is 0 Å². The number of nitrogens with zero attached hydrogens (tertiary/aromatic N) is 6. The van der Waals surface area contributed by atoms with Gasteiger partial charge in [-0.1, -0.05) is 39.0 Å². The van der Waals surface area contributed by atoms with Crippen LogP contribution in [0.1, 0.15) is 51.0 Å². The molecule has 1 aliphatic rings. The number of anilines is 1. The predicted octanol–water partition coefficient (Wildman–Crippen LogP) is 4.35. The van der Waals surface area contributed by atoms with Gasteiger partial charge in [0.1, 0.15) is 0 Å². The standard InChI is InChI=1S/C23H26N6/c1-23(2,3)20-8-9-21-25-26-22(29(21)27-20)16-11-14-28(15-12-16)19-10-13-24-18-7-5-4-6-17(18)19/h4-10,13,16H,11-12,14-15H2,1-3H3. The minimum absolute atomic E-state index is 0.00148. The molecule has 0 radical (unpaired) electrons. The first-order chi connectivity index (χ1) is 14.0. The number of para-hydroxylation sites is 1. The van der Waals surface area contributed by atoms with Crippen LogP contribution < -0.4 is 4.90 Å². The third kappa shape index (κ3) is 3.22. The molecule has 29 heavy (non-hydrogen) atoms. The predicted molar refractivity (Wildman–Crippen MR) is 115 cm³/mol. The summed E-state index contributed by atoms with van der Waals surface area (Å²) in [6, 6.07) is 14.6. The first-order valence-electron chi connectivity index (χ1n) is 10.3. The zero-order chi connectivity index (χ0) is 20.0. The van der Waals surface area contributed by atoms with Crippen LogP contribution in [-0.2, 0) is 5.41 Å². The summed E-state index contributed by atoms with van der Waals surface area (Å²) >= 11 is 0. The Bertz CT molecular complexity index is 1160. The summed E-state index contributed by atoms with van der Waals surface area (Å²) in [5, 5.41) is 15.0. The van der Waals surface area contributed by atoms with Crippen molar-refractivity contribution < 1.29 is 0 Å². The van der Waals surface area contributed by atoms with Gasteiger partial charge in [-0.25, -0.2) is 0 Å². The van der Waals surface area contributed by atoms with Crippen molar-refractivity contribution in [2.24, 2.45) is 0 Å². The van der Waals surface area contributed by atoms with Gasteiger partial charge in [0.25, 0.3) is 0 Å². The van der Waals surface area contributed by atoms with Crippen LogP contribution in [0.25, 0.3) is 16.6 Å². The Morgan fingerprint density at radius 3 is 2.52 bits per heavy atom. The molecular formula is C23H26N6. The summed E-state index contributed by atoms with van der Waals surface area (Å²) in [4.78, 5) is 6.97. The van der Waals surface area contributed by atoms with Gasteiger partial charge < -0.3 is 4.90 Å². The molecule has 1 aromatic carbocycles. The summed E-state index contributed by atoms with van der Waals surface area (Å²) in [6.45, 7) is 8.53. The average molecular weight is 387 g/mol. The van der Waals surface area contributed by atoms with Crippen LogP contribution in [0.5, 0.6) is 0 Å². The van der Waals surface area contributed by atoms with E-state index in [4.69, 9.17) is 5.10 Å². The Balaban J connectivity index is 1.41. The smallest absolute Gasteiger partial charge is 0.177 e. The first-order valence-corrected chi connectivity index (χ1v) is 10.3. The van der Waals surface area contributed by atoms with Crippen molar-refractivity contribution in [2.75, 3.05) is 18.0 Å². The molecule has 5 rings (SSSR count). The van der Waals surface area contributed by atoms with E-state index in [2.05, 4.69) is 71.2 Å². The first kappa shape index (κ1) is 18.0. The molecular weight excluding hydrogens is 360 g/mol. The van der Waals surface area contributed by atoms with Crippen LogP contribution in [0.3, 0.4) is 0 Å². The highest BCUT2D eigenvalue weighted by molar-refractivity contribution is 5.91. The number of benzene rings is 1. The molecule has 1 saturated heterocycles. The van der Waals surface area contributed by atoms with E-state index in [1.807, 2.05) is 22.8 Å². The maximum Gasteiger partial charge on any atom is 0.177 e. The van der Waals surface area contributed by atoms with E-state index in [-0.39, 0.29) is 5.41 Å². The zero-order valence-electron chi connectivity index (χ0n) is 17.2. The van der Waals surface area contributed by atoms with Crippen LogP contribution in [0, 0.1) is 0 Å². The molecule has 0 unspecified atom stereocenters. The molecule has 0 saturated carbocycles. The monoisotopic (exact) mass is 386 g/mol. The Labute approximate surface area is 170 Å². The lowest BCUT2D eigenvalue weighted by Crippen LogP contribution is -2.33. The maximum atomic E-state index is 4.87. The van der Waals surface area contributed by atoms with Crippen molar-refractivity contribution >= 4 is 22.2 Å². The summed E-state index contributed by atoms with van der Waals surface area (Å²) in [5.41, 5.74) is 4.21. The van der Waals surface area contributed by atoms with Crippen molar-refractivity contribution in [3.05, 3.63) is 60.2 Å². The highest BCUT2D eigenvalue weighted by Crippen LogP contribution is 2.33. The van der Waals surface area contributed by atoms with E-state index in [0.717, 1.165) is 48.6 Å². The lowest BCUT2D eigenvalue weighted by Gasteiger charge is -2.33. The Morgan fingerprint density at radius 1 is 0.931 bits per heavy atom. The second kappa shape index (κ2) is 6.79. The van der Waals surface area contributed by atoms with Gasteiger partial charge in [0.05, 0.1) is 11.2 Å². The molecule has 0 N–H and O–H groups in total. The maximum absolute atomic E-state index is 4.87. The molecule has 4 heterocycles. The molecule has 1 fully saturated rings. The summed E-state index contributed by atoms with van der Waals surface area (Å²) < 4.78 is 1.96. The molecule has 0 bridgehead atoms. The Hall–Kier alpha value is -3.02. The topological polar surface area (TPSA) is 59.2 Å². The minimum Gasteiger partial charge on any atom is -0.371 e. The van der Waals surface area contributed by atoms with Crippen LogP contribution >= 0.6 is 0 Å². The minimum atomic E-state index is 0.00148. The van der Waals surface area contributed by atoms with Crippen LogP contribution in [-0.4, -0.2) is 37.9 Å². The van der Waals surface area contributed by atoms with Gasteiger partial charge in [0, 0.05) is 41.7 Å². The normalized spacial score (nSPS) is 16.0. The van der Waals surface area contributed by atoms with Crippen molar-refractivity contribution in [2.45, 2.75) is 44.9 Å². The molecule has 6 nitrogen and oxygen atoms in total. The number of pyridine rings is 1. The lowest BCUT2D eigenvalue weighted by molar-refractivity contribution is 0.473. The van der Waals surface area contributed by atoms with Crippen molar-refractivity contribution in [1.29, 1.82) is 0 Å². The summed E-state index contributed by atoms with van der Waals surface area (Å²) in [5.74, 6) is 1.36. The van der Waals surface area contributed by atoms with Crippen LogP contribution in [0.2, 0.25) is 0 Å². The number of piperidine rings is 1. The number of rotatable bonds is 2. The fourth-order valence-electron chi connectivity index (χ4n) is 4.20. The molecule has 3 aromatic heterocycles. The fourth-order valence-corrected chi connectivity index (χ4v) is 4.20. The molecule has 148 valence electrons. The fraction of sp³-hybridized carbons (Fsp3) is 0.391. The van der Waals surface area contributed by atoms with E-state index in [9.17, 15) is 0 Å². The van der Waals surface area contributed by atoms with Gasteiger partial charge in [0.2, 0.25) is 0 Å². The van der Waals surface area contributed by atoms with Gasteiger partial charge >= 0.3 is 0 Å². The summed E-state index contributed by atoms with van der Waals surface area (Å²) in [6.07, 6.45) is 3.99. The van der Waals surface area contributed by atoms with E-state index in [1.165, 1.54) is 11.1 Å². The van der Waals surface area contributed by atoms with Crippen molar-refractivity contribution in [1.82, 2.24) is 24.8 Å². The molecule has 0 amide bonds. The molecule has 0 spiro atoms. The second-order valence-electron chi connectivity index (χ2n) is 8.91. The third-order valence-electron chi connectivity index (χ3n) is 5.88. The quantitative estimate of drug-likeness (QED) is 0.512. The number of hydrogen-bond acceptors (Lipinski definition) is 5. The molecule has 0 atom stereocenters. The molecule has 0 aliphatic carbocycles. The SMILES string of the molecule is CC(C)(C)c1ccc2nnc(C3CCN(c4ccnc5ccccc45)CC3)n2n1. The van der Waals surface area contributed by atoms with Gasteiger partial charge in [-0.2, -0.15) is 9.61 Å². The Morgan fingerprint density at radius 2 is 1.72 bits per heavy atom. The second-order valence-corrected chi connectivity index (χ2v) is 8.91. The van der Waals surface area contributed by atoms with E-state index in [0.29, 0.717) is 5.92 Å². The third-order valence-corrected chi connectivity index (χ3v) is 5.88. The Kier molecular flexibility index (Phi) is 4.23. The zero-order valence-corrected chi connectivity index (χ0v) is 17.2. The molecule has 6 heteroatoms. The van der Waals surface area contributed by atoms with Crippen molar-refractivity contribution in [3.63, 3.8) is 0 Å². The average Bonchev–Trinajstić information content (AvgIpc) is 3.16. The van der Waals surface area contributed by atoms with E-state index < -0.39 is 0 Å². The molecule has 1 aliphatic heterocycles. The van der Waals surface area contributed by atoms with Crippen molar-refractivity contribution in [3.8, 4) is 0 Å². The van der Waals surface area contributed by atoms with Gasteiger partial charge in [-0.05, 0) is 37.1 Å². The number of aromatic nitrogens is 5. The lowest BCUT2D eigenvalue weighted by atomic mass is 9.92. The highest BCUT2D eigenvalue weighted by atomic mass is 15.4. The van der Waals surface area contributed by atoms with E-state index >= 15 is 0 Å². The summed E-state index contributed by atoms with van der Waals surface area (Å²) in [7, 11) is 0. The van der Waals surface area contributed by atoms with Crippen LogP contribution in [0.15, 0.2) is 48.7 Å². The molecule has 4 aromatic rings. The van der Waals surface area contributed by atoms with Gasteiger partial charge in [0.15, 0.2) is 11.5 Å². The largest absolute Gasteiger partial charge is 0.371 e. The van der Waals surface area contributed by atoms with Gasteiger partial charge in [-0.3, -0.25) is 4.98 Å². The van der Waals surface area contributed by atoms with Gasteiger partial charge in [-0.15, -0.1) is 10.2 Å². The number of fused-ring (bicyclic) bond motifs is 2.